The van der Waals surface area contributed by atoms with Crippen molar-refractivity contribution in [1.29, 1.82) is 0 Å². The minimum Gasteiger partial charge on any atom is -0.384 e. The van der Waals surface area contributed by atoms with E-state index in [4.69, 9.17) is 10.5 Å². The maximum Gasteiger partial charge on any atom is 0.224 e. The molecule has 19 heavy (non-hydrogen) atoms. The molecule has 2 N–H and O–H groups in total. The summed E-state index contributed by atoms with van der Waals surface area (Å²) in [6.07, 6.45) is 1.74. The Balaban J connectivity index is 2.16. The molecular weight excluding hydrogens is 268 g/mol. The third kappa shape index (κ3) is 2.64. The van der Waals surface area contributed by atoms with Crippen LogP contribution < -0.4 is 5.73 Å². The average Bonchev–Trinajstić information content (AvgIpc) is 2.77. The van der Waals surface area contributed by atoms with Gasteiger partial charge in [-0.3, -0.25) is 4.79 Å². The van der Waals surface area contributed by atoms with Gasteiger partial charge < -0.3 is 15.4 Å². The maximum atomic E-state index is 12.2. The van der Waals surface area contributed by atoms with E-state index in [1.54, 1.807) is 12.0 Å². The van der Waals surface area contributed by atoms with E-state index in [1.807, 2.05) is 0 Å². The monoisotopic (exact) mass is 290 g/mol. The van der Waals surface area contributed by atoms with Gasteiger partial charge in [0.05, 0.1) is 24.0 Å². The molecule has 2 atom stereocenters. The topological polar surface area (TPSA) is 89.7 Å². The molecule has 2 fully saturated rings. The van der Waals surface area contributed by atoms with Crippen LogP contribution in [0, 0.1) is 5.41 Å². The van der Waals surface area contributed by atoms with Crippen LogP contribution in [0.5, 0.6) is 0 Å². The maximum absolute atomic E-state index is 12.2. The summed E-state index contributed by atoms with van der Waals surface area (Å²) in [4.78, 5) is 13.7. The summed E-state index contributed by atoms with van der Waals surface area (Å²) in [5.74, 6) is 0.179. The molecule has 2 heterocycles. The number of ether oxygens (including phenoxy) is 1. The molecule has 0 bridgehead atoms. The molecule has 2 saturated heterocycles. The number of fused-ring (bicyclic) bond motifs is 1. The molecule has 0 aromatic rings. The van der Waals surface area contributed by atoms with Gasteiger partial charge in [-0.05, 0) is 12.8 Å². The van der Waals surface area contributed by atoms with Gasteiger partial charge in [0.2, 0.25) is 5.91 Å². The van der Waals surface area contributed by atoms with Gasteiger partial charge in [-0.15, -0.1) is 0 Å². The van der Waals surface area contributed by atoms with Gasteiger partial charge in [0, 0.05) is 32.2 Å². The van der Waals surface area contributed by atoms with Gasteiger partial charge >= 0.3 is 0 Å². The number of carbonyl (C=O) groups is 1. The van der Waals surface area contributed by atoms with Gasteiger partial charge in [-0.25, -0.2) is 8.42 Å². The number of methoxy groups -OCH3 is 1. The number of nitrogens with zero attached hydrogens (tertiary/aromatic N) is 1. The van der Waals surface area contributed by atoms with Crippen LogP contribution in [0.2, 0.25) is 0 Å². The third-order valence-electron chi connectivity index (χ3n) is 4.39. The summed E-state index contributed by atoms with van der Waals surface area (Å²) in [6.45, 7) is 1.45. The second-order valence-electron chi connectivity index (χ2n) is 5.54. The molecule has 2 aliphatic heterocycles. The van der Waals surface area contributed by atoms with E-state index in [0.29, 0.717) is 39.1 Å². The fourth-order valence-corrected chi connectivity index (χ4v) is 5.57. The van der Waals surface area contributed by atoms with Gasteiger partial charge in [0.25, 0.3) is 0 Å². The van der Waals surface area contributed by atoms with Crippen LogP contribution >= 0.6 is 0 Å². The zero-order valence-corrected chi connectivity index (χ0v) is 12.1. The molecule has 2 unspecified atom stereocenters. The Labute approximate surface area is 114 Å². The SMILES string of the molecule is COCCC(=O)N1CC2C(CN)(CCCS2(=O)=O)C1. The normalized spacial score (nSPS) is 33.2. The van der Waals surface area contributed by atoms with Crippen molar-refractivity contribution in [2.75, 3.05) is 39.1 Å². The molecule has 6 nitrogen and oxygen atoms in total. The first kappa shape index (κ1) is 14.7. The fraction of sp³-hybridized carbons (Fsp3) is 0.917. The van der Waals surface area contributed by atoms with Gasteiger partial charge in [0.15, 0.2) is 9.84 Å². The predicted octanol–water partition coefficient (Wildman–Crippen LogP) is -0.613. The zero-order valence-electron chi connectivity index (χ0n) is 11.3. The molecule has 0 aliphatic carbocycles. The standard InChI is InChI=1S/C12H22N2O4S/c1-18-5-3-11(15)14-7-10-12(8-13,9-14)4-2-6-19(10,16)17/h10H,2-9,13H2,1H3. The Hall–Kier alpha value is -0.660. The van der Waals surface area contributed by atoms with Crippen LogP contribution in [0.1, 0.15) is 19.3 Å². The highest BCUT2D eigenvalue weighted by atomic mass is 32.2. The summed E-state index contributed by atoms with van der Waals surface area (Å²) >= 11 is 0. The summed E-state index contributed by atoms with van der Waals surface area (Å²) < 4.78 is 29.3. The number of amides is 1. The van der Waals surface area contributed by atoms with Crippen molar-refractivity contribution in [2.45, 2.75) is 24.5 Å². The number of rotatable bonds is 4. The van der Waals surface area contributed by atoms with Crippen LogP contribution in [0.25, 0.3) is 0 Å². The van der Waals surface area contributed by atoms with Crippen molar-refractivity contribution < 1.29 is 17.9 Å². The number of nitrogens with two attached hydrogens (primary N) is 1. The van der Waals surface area contributed by atoms with Crippen molar-refractivity contribution >= 4 is 15.7 Å². The molecule has 0 aromatic heterocycles. The first-order valence-electron chi connectivity index (χ1n) is 6.63. The minimum absolute atomic E-state index is 0.0423. The van der Waals surface area contributed by atoms with Gasteiger partial charge in [-0.1, -0.05) is 0 Å². The van der Waals surface area contributed by atoms with Crippen LogP contribution in [-0.4, -0.2) is 63.6 Å². The van der Waals surface area contributed by atoms with E-state index in [-0.39, 0.29) is 11.7 Å². The molecule has 2 aliphatic rings. The Morgan fingerprint density at radius 2 is 2.26 bits per heavy atom. The summed E-state index contributed by atoms with van der Waals surface area (Å²) in [6, 6.07) is 0. The van der Waals surface area contributed by atoms with Crippen LogP contribution in [0.4, 0.5) is 0 Å². The second-order valence-corrected chi connectivity index (χ2v) is 7.85. The lowest BCUT2D eigenvalue weighted by molar-refractivity contribution is -0.131. The van der Waals surface area contributed by atoms with Gasteiger partial charge in [0.1, 0.15) is 0 Å². The first-order chi connectivity index (χ1) is 8.95. The minimum atomic E-state index is -3.12. The quantitative estimate of drug-likeness (QED) is 0.746. The van der Waals surface area contributed by atoms with E-state index in [2.05, 4.69) is 0 Å². The Kier molecular flexibility index (Phi) is 4.17. The summed E-state index contributed by atoms with van der Waals surface area (Å²) in [5.41, 5.74) is 5.40. The van der Waals surface area contributed by atoms with E-state index in [9.17, 15) is 13.2 Å². The van der Waals surface area contributed by atoms with Crippen molar-refractivity contribution in [3.8, 4) is 0 Å². The summed E-state index contributed by atoms with van der Waals surface area (Å²) in [5, 5.41) is -0.481. The second kappa shape index (κ2) is 5.38. The van der Waals surface area contributed by atoms with E-state index in [0.717, 1.165) is 6.42 Å². The van der Waals surface area contributed by atoms with E-state index < -0.39 is 20.5 Å². The van der Waals surface area contributed by atoms with Crippen molar-refractivity contribution in [2.24, 2.45) is 11.1 Å². The highest BCUT2D eigenvalue weighted by molar-refractivity contribution is 7.92. The highest BCUT2D eigenvalue weighted by Crippen LogP contribution is 2.42. The lowest BCUT2D eigenvalue weighted by Gasteiger charge is -2.36. The lowest BCUT2D eigenvalue weighted by Crippen LogP contribution is -2.49. The fourth-order valence-electron chi connectivity index (χ4n) is 3.28. The predicted molar refractivity (Wildman–Crippen MR) is 71.4 cm³/mol. The van der Waals surface area contributed by atoms with Crippen molar-refractivity contribution in [3.63, 3.8) is 0 Å². The van der Waals surface area contributed by atoms with Crippen molar-refractivity contribution in [3.05, 3.63) is 0 Å². The van der Waals surface area contributed by atoms with Crippen molar-refractivity contribution in [1.82, 2.24) is 4.90 Å². The molecule has 0 aromatic carbocycles. The molecular formula is C12H22N2O4S. The highest BCUT2D eigenvalue weighted by Gasteiger charge is 2.54. The molecule has 0 radical (unpaired) electrons. The molecule has 0 spiro atoms. The third-order valence-corrected chi connectivity index (χ3v) is 6.77. The summed E-state index contributed by atoms with van der Waals surface area (Å²) in [7, 11) is -1.58. The number of hydrogen-bond acceptors (Lipinski definition) is 5. The average molecular weight is 290 g/mol. The zero-order chi connectivity index (χ0) is 14.1. The number of likely N-dealkylation sites (tertiary alicyclic amines) is 1. The molecule has 110 valence electrons. The lowest BCUT2D eigenvalue weighted by atomic mass is 9.82. The van der Waals surface area contributed by atoms with Crippen LogP contribution in [-0.2, 0) is 19.4 Å². The van der Waals surface area contributed by atoms with Crippen LogP contribution in [0.3, 0.4) is 0 Å². The Morgan fingerprint density at radius 1 is 1.53 bits per heavy atom. The molecule has 0 saturated carbocycles. The molecule has 1 amide bonds. The van der Waals surface area contributed by atoms with E-state index >= 15 is 0 Å². The smallest absolute Gasteiger partial charge is 0.224 e. The first-order valence-corrected chi connectivity index (χ1v) is 8.35. The molecule has 7 heteroatoms. The number of carbonyl (C=O) groups excluding carboxylic acids is 1. The number of sulfone groups is 1. The Bertz CT molecular complexity index is 451. The number of hydrogen-bond donors (Lipinski definition) is 1. The van der Waals surface area contributed by atoms with Gasteiger partial charge in [-0.2, -0.15) is 0 Å². The Morgan fingerprint density at radius 3 is 2.84 bits per heavy atom. The van der Waals surface area contributed by atoms with E-state index in [1.165, 1.54) is 0 Å². The van der Waals surface area contributed by atoms with Crippen LogP contribution in [0.15, 0.2) is 0 Å². The largest absolute Gasteiger partial charge is 0.384 e. The molecule has 2 rings (SSSR count).